The van der Waals surface area contributed by atoms with Crippen LogP contribution in [-0.4, -0.2) is 4.98 Å². The molecule has 0 aliphatic heterocycles. The Morgan fingerprint density at radius 2 is 1.84 bits per heavy atom. The van der Waals surface area contributed by atoms with Crippen LogP contribution in [0.3, 0.4) is 0 Å². The van der Waals surface area contributed by atoms with Gasteiger partial charge in [0.1, 0.15) is 5.75 Å². The topological polar surface area (TPSA) is 25.0 Å². The van der Waals surface area contributed by atoms with E-state index in [4.69, 9.17) is 4.74 Å². The van der Waals surface area contributed by atoms with E-state index in [1.54, 1.807) is 0 Å². The van der Waals surface area contributed by atoms with Crippen molar-refractivity contribution in [2.75, 3.05) is 0 Å². The summed E-state index contributed by atoms with van der Waals surface area (Å²) in [6.07, 6.45) is 0. The summed E-state index contributed by atoms with van der Waals surface area (Å²) in [5.41, 5.74) is 2.09. The average Bonchev–Trinajstić information content (AvgIpc) is 2.69. The molecule has 0 atom stereocenters. The van der Waals surface area contributed by atoms with Gasteiger partial charge in [-0.05, 0) is 53.2 Å². The Bertz CT molecular complexity index is 749. The maximum atomic E-state index is 6.05. The molecule has 2 nitrogen and oxygen atoms in total. The summed E-state index contributed by atoms with van der Waals surface area (Å²) in [6.45, 7) is 2.01. The van der Waals surface area contributed by atoms with Crippen molar-refractivity contribution in [1.82, 2.24) is 4.98 Å². The first-order valence-corrected chi connectivity index (χ1v) is 7.44. The summed E-state index contributed by atoms with van der Waals surface area (Å²) in [4.78, 5) is 3.33. The van der Waals surface area contributed by atoms with Gasteiger partial charge in [-0.15, -0.1) is 0 Å². The molecule has 19 heavy (non-hydrogen) atoms. The molecule has 0 saturated heterocycles. The molecule has 2 aromatic carbocycles. The number of para-hydroxylation sites is 1. The second-order valence-electron chi connectivity index (χ2n) is 4.30. The van der Waals surface area contributed by atoms with Crippen molar-refractivity contribution in [3.8, 4) is 11.5 Å². The Morgan fingerprint density at radius 3 is 2.63 bits per heavy atom. The molecular formula is C15H11Br2NO. The zero-order valence-electron chi connectivity index (χ0n) is 10.2. The van der Waals surface area contributed by atoms with Gasteiger partial charge >= 0.3 is 0 Å². The van der Waals surface area contributed by atoms with Gasteiger partial charge in [0.25, 0.3) is 0 Å². The first-order valence-electron chi connectivity index (χ1n) is 5.85. The molecule has 1 heterocycles. The maximum Gasteiger partial charge on any atom is 0.155 e. The van der Waals surface area contributed by atoms with Crippen LogP contribution in [0.5, 0.6) is 11.5 Å². The number of aromatic nitrogens is 1. The number of fused-ring (bicyclic) bond motifs is 1. The molecule has 1 aromatic heterocycles. The Kier molecular flexibility index (Phi) is 3.37. The molecule has 1 N–H and O–H groups in total. The number of H-pyrrole nitrogens is 1. The minimum Gasteiger partial charge on any atom is -0.454 e. The Balaban J connectivity index is 2.12. The minimum absolute atomic E-state index is 0.812. The number of hydrogen-bond donors (Lipinski definition) is 1. The summed E-state index contributed by atoms with van der Waals surface area (Å²) in [5.74, 6) is 1.68. The Labute approximate surface area is 128 Å². The van der Waals surface area contributed by atoms with Crippen molar-refractivity contribution in [3.05, 3.63) is 57.1 Å². The largest absolute Gasteiger partial charge is 0.454 e. The Morgan fingerprint density at radius 1 is 1.05 bits per heavy atom. The number of aryl methyl sites for hydroxylation is 1. The summed E-state index contributed by atoms with van der Waals surface area (Å²) in [5, 5.41) is 1.07. The molecule has 0 radical (unpaired) electrons. The van der Waals surface area contributed by atoms with Gasteiger partial charge in [-0.2, -0.15) is 0 Å². The SMILES string of the molecule is Cc1[nH]c2ccc(Br)cc2c1Oc1ccccc1Br. The van der Waals surface area contributed by atoms with E-state index in [-0.39, 0.29) is 0 Å². The van der Waals surface area contributed by atoms with Gasteiger partial charge in [0.15, 0.2) is 5.75 Å². The lowest BCUT2D eigenvalue weighted by Gasteiger charge is -2.07. The average molecular weight is 381 g/mol. The van der Waals surface area contributed by atoms with Crippen molar-refractivity contribution < 1.29 is 4.74 Å². The monoisotopic (exact) mass is 379 g/mol. The predicted molar refractivity (Wildman–Crippen MR) is 85.0 cm³/mol. The molecule has 0 unspecified atom stereocenters. The fourth-order valence-corrected chi connectivity index (χ4v) is 2.77. The number of nitrogens with one attached hydrogen (secondary N) is 1. The van der Waals surface area contributed by atoms with Crippen LogP contribution in [-0.2, 0) is 0 Å². The second-order valence-corrected chi connectivity index (χ2v) is 6.07. The van der Waals surface area contributed by atoms with Crippen molar-refractivity contribution in [2.45, 2.75) is 6.92 Å². The molecule has 0 bridgehead atoms. The van der Waals surface area contributed by atoms with E-state index in [0.717, 1.165) is 37.0 Å². The quantitative estimate of drug-likeness (QED) is 0.597. The van der Waals surface area contributed by atoms with Gasteiger partial charge in [-0.25, -0.2) is 0 Å². The number of hydrogen-bond acceptors (Lipinski definition) is 1. The minimum atomic E-state index is 0.812. The Hall–Kier alpha value is -1.26. The van der Waals surface area contributed by atoms with Crippen LogP contribution in [0.25, 0.3) is 10.9 Å². The number of aromatic amines is 1. The third-order valence-corrected chi connectivity index (χ3v) is 4.09. The highest BCUT2D eigenvalue weighted by Crippen LogP contribution is 2.37. The molecule has 0 saturated carbocycles. The highest BCUT2D eigenvalue weighted by Gasteiger charge is 2.12. The normalized spacial score (nSPS) is 10.9. The molecule has 96 valence electrons. The third kappa shape index (κ3) is 2.42. The van der Waals surface area contributed by atoms with Crippen LogP contribution in [0.1, 0.15) is 5.69 Å². The number of ether oxygens (including phenoxy) is 1. The zero-order chi connectivity index (χ0) is 13.4. The predicted octanol–water partition coefficient (Wildman–Crippen LogP) is 5.79. The number of benzene rings is 2. The summed E-state index contributed by atoms with van der Waals surface area (Å²) in [7, 11) is 0. The molecule has 3 rings (SSSR count). The van der Waals surface area contributed by atoms with E-state index >= 15 is 0 Å². The molecule has 0 spiro atoms. The standard InChI is InChI=1S/C15H11Br2NO/c1-9-15(19-14-5-3-2-4-12(14)17)11-8-10(16)6-7-13(11)18-9/h2-8,18H,1H3. The van der Waals surface area contributed by atoms with E-state index in [1.807, 2.05) is 43.3 Å². The van der Waals surface area contributed by atoms with Gasteiger partial charge in [-0.3, -0.25) is 0 Å². The van der Waals surface area contributed by atoms with Gasteiger partial charge in [-0.1, -0.05) is 28.1 Å². The van der Waals surface area contributed by atoms with Crippen molar-refractivity contribution in [2.24, 2.45) is 0 Å². The van der Waals surface area contributed by atoms with Gasteiger partial charge in [0.2, 0.25) is 0 Å². The van der Waals surface area contributed by atoms with Crippen molar-refractivity contribution in [1.29, 1.82) is 0 Å². The van der Waals surface area contributed by atoms with Gasteiger partial charge in [0.05, 0.1) is 10.2 Å². The highest BCUT2D eigenvalue weighted by atomic mass is 79.9. The van der Waals surface area contributed by atoms with Crippen molar-refractivity contribution in [3.63, 3.8) is 0 Å². The molecule has 0 amide bonds. The smallest absolute Gasteiger partial charge is 0.155 e. The lowest BCUT2D eigenvalue weighted by molar-refractivity contribution is 0.481. The fraction of sp³-hybridized carbons (Fsp3) is 0.0667. The first-order chi connectivity index (χ1) is 9.15. The third-order valence-electron chi connectivity index (χ3n) is 2.94. The highest BCUT2D eigenvalue weighted by molar-refractivity contribution is 9.10. The van der Waals surface area contributed by atoms with E-state index in [9.17, 15) is 0 Å². The van der Waals surface area contributed by atoms with Gasteiger partial charge < -0.3 is 9.72 Å². The maximum absolute atomic E-state index is 6.05. The summed E-state index contributed by atoms with van der Waals surface area (Å²) < 4.78 is 8.03. The fourth-order valence-electron chi connectivity index (χ4n) is 2.04. The van der Waals surface area contributed by atoms with E-state index in [2.05, 4.69) is 42.9 Å². The molecule has 0 fully saturated rings. The lowest BCUT2D eigenvalue weighted by atomic mass is 10.2. The second kappa shape index (κ2) is 5.02. The molecular weight excluding hydrogens is 370 g/mol. The van der Waals surface area contributed by atoms with Crippen LogP contribution in [0.15, 0.2) is 51.4 Å². The van der Waals surface area contributed by atoms with Gasteiger partial charge in [0, 0.05) is 15.4 Å². The molecule has 3 aromatic rings. The summed E-state index contributed by atoms with van der Waals surface area (Å²) in [6, 6.07) is 14.0. The van der Waals surface area contributed by atoms with Crippen LogP contribution in [0.2, 0.25) is 0 Å². The molecule has 0 aliphatic rings. The van der Waals surface area contributed by atoms with Crippen LogP contribution >= 0.6 is 31.9 Å². The zero-order valence-corrected chi connectivity index (χ0v) is 13.4. The lowest BCUT2D eigenvalue weighted by Crippen LogP contribution is -1.86. The van der Waals surface area contributed by atoms with E-state index < -0.39 is 0 Å². The van der Waals surface area contributed by atoms with Crippen LogP contribution < -0.4 is 4.74 Å². The van der Waals surface area contributed by atoms with E-state index in [1.165, 1.54) is 0 Å². The molecule has 0 aliphatic carbocycles. The summed E-state index contributed by atoms with van der Waals surface area (Å²) >= 11 is 7.00. The number of halogens is 2. The van der Waals surface area contributed by atoms with Crippen molar-refractivity contribution >= 4 is 42.8 Å². The van der Waals surface area contributed by atoms with E-state index in [0.29, 0.717) is 0 Å². The first kappa shape index (κ1) is 12.8. The van der Waals surface area contributed by atoms with Crippen LogP contribution in [0, 0.1) is 6.92 Å². The molecule has 4 heteroatoms. The number of rotatable bonds is 2. The van der Waals surface area contributed by atoms with Crippen LogP contribution in [0.4, 0.5) is 0 Å².